The fourth-order valence-corrected chi connectivity index (χ4v) is 3.32. The summed E-state index contributed by atoms with van der Waals surface area (Å²) >= 11 is 1.83. The van der Waals surface area contributed by atoms with E-state index in [1.165, 1.54) is 16.1 Å². The molecule has 1 N–H and O–H groups in total. The lowest BCUT2D eigenvalue weighted by Gasteiger charge is -2.14. The van der Waals surface area contributed by atoms with Crippen molar-refractivity contribution < 1.29 is 0 Å². The van der Waals surface area contributed by atoms with Crippen LogP contribution < -0.4 is 5.32 Å². The van der Waals surface area contributed by atoms with Crippen LogP contribution >= 0.6 is 11.3 Å². The Labute approximate surface area is 119 Å². The van der Waals surface area contributed by atoms with Gasteiger partial charge in [-0.1, -0.05) is 6.07 Å². The summed E-state index contributed by atoms with van der Waals surface area (Å²) in [5, 5.41) is 10.3. The SMILES string of the molecule is CCn1nc(C)c(C(C)NCCc2cccs2)c1C. The van der Waals surface area contributed by atoms with E-state index >= 15 is 0 Å². The Morgan fingerprint density at radius 2 is 2.21 bits per heavy atom. The second kappa shape index (κ2) is 6.35. The first-order valence-corrected chi connectivity index (χ1v) is 7.81. The summed E-state index contributed by atoms with van der Waals surface area (Å²) in [5.74, 6) is 0. The molecule has 0 aromatic carbocycles. The molecule has 0 radical (unpaired) electrons. The third kappa shape index (κ3) is 3.25. The summed E-state index contributed by atoms with van der Waals surface area (Å²) in [4.78, 5) is 1.44. The smallest absolute Gasteiger partial charge is 0.0644 e. The molecule has 0 bridgehead atoms. The second-order valence-corrected chi connectivity index (χ2v) is 5.94. The predicted octanol–water partition coefficient (Wildman–Crippen LogP) is 3.47. The number of nitrogens with one attached hydrogen (secondary N) is 1. The van der Waals surface area contributed by atoms with Gasteiger partial charge in [-0.05, 0) is 45.6 Å². The normalized spacial score (nSPS) is 12.8. The van der Waals surface area contributed by atoms with Gasteiger partial charge in [0.15, 0.2) is 0 Å². The van der Waals surface area contributed by atoms with Crippen LogP contribution in [0.3, 0.4) is 0 Å². The Bertz CT molecular complexity index is 514. The molecule has 4 heteroatoms. The van der Waals surface area contributed by atoms with E-state index in [9.17, 15) is 0 Å². The largest absolute Gasteiger partial charge is 0.310 e. The van der Waals surface area contributed by atoms with Crippen LogP contribution in [0.4, 0.5) is 0 Å². The van der Waals surface area contributed by atoms with Crippen molar-refractivity contribution in [2.24, 2.45) is 0 Å². The molecule has 2 aromatic rings. The van der Waals surface area contributed by atoms with Gasteiger partial charge in [0.25, 0.3) is 0 Å². The Kier molecular flexibility index (Phi) is 4.77. The molecule has 2 heterocycles. The Hall–Kier alpha value is -1.13. The fraction of sp³-hybridized carbons (Fsp3) is 0.533. The minimum atomic E-state index is 0.361. The van der Waals surface area contributed by atoms with E-state index in [1.807, 2.05) is 11.3 Å². The quantitative estimate of drug-likeness (QED) is 0.876. The van der Waals surface area contributed by atoms with Crippen molar-refractivity contribution in [1.29, 1.82) is 0 Å². The second-order valence-electron chi connectivity index (χ2n) is 4.91. The van der Waals surface area contributed by atoms with Crippen LogP contribution in [0.25, 0.3) is 0 Å². The first kappa shape index (κ1) is 14.3. The maximum atomic E-state index is 4.59. The third-order valence-corrected chi connectivity index (χ3v) is 4.51. The third-order valence-electron chi connectivity index (χ3n) is 3.57. The summed E-state index contributed by atoms with van der Waals surface area (Å²) in [7, 11) is 0. The zero-order valence-corrected chi connectivity index (χ0v) is 13.0. The van der Waals surface area contributed by atoms with Crippen molar-refractivity contribution in [3.8, 4) is 0 Å². The Morgan fingerprint density at radius 3 is 2.79 bits per heavy atom. The van der Waals surface area contributed by atoms with Crippen LogP contribution in [-0.2, 0) is 13.0 Å². The molecule has 0 aliphatic heterocycles. The maximum Gasteiger partial charge on any atom is 0.0644 e. The molecule has 3 nitrogen and oxygen atoms in total. The molecule has 0 aliphatic rings. The Morgan fingerprint density at radius 1 is 1.42 bits per heavy atom. The number of aryl methyl sites for hydroxylation is 2. The lowest BCUT2D eigenvalue weighted by atomic mass is 10.1. The van der Waals surface area contributed by atoms with Crippen LogP contribution in [-0.4, -0.2) is 16.3 Å². The topological polar surface area (TPSA) is 29.9 Å². The van der Waals surface area contributed by atoms with Crippen molar-refractivity contribution in [1.82, 2.24) is 15.1 Å². The van der Waals surface area contributed by atoms with Crippen LogP contribution in [0.1, 0.15) is 41.7 Å². The highest BCUT2D eigenvalue weighted by atomic mass is 32.1. The van der Waals surface area contributed by atoms with E-state index in [2.05, 4.69) is 60.3 Å². The molecular weight excluding hydrogens is 254 g/mol. The maximum absolute atomic E-state index is 4.59. The number of rotatable bonds is 6. The number of hydrogen-bond donors (Lipinski definition) is 1. The van der Waals surface area contributed by atoms with Gasteiger partial charge in [-0.2, -0.15) is 5.10 Å². The average molecular weight is 277 g/mol. The summed E-state index contributed by atoms with van der Waals surface area (Å²) in [5.41, 5.74) is 3.79. The number of hydrogen-bond acceptors (Lipinski definition) is 3. The van der Waals surface area contributed by atoms with Gasteiger partial charge in [0.05, 0.1) is 5.69 Å². The van der Waals surface area contributed by atoms with Crippen molar-refractivity contribution in [3.05, 3.63) is 39.3 Å². The van der Waals surface area contributed by atoms with Gasteiger partial charge in [0.1, 0.15) is 0 Å². The molecule has 104 valence electrons. The van der Waals surface area contributed by atoms with Gasteiger partial charge in [-0.25, -0.2) is 0 Å². The fourth-order valence-electron chi connectivity index (χ4n) is 2.61. The molecule has 0 saturated carbocycles. The lowest BCUT2D eigenvalue weighted by Crippen LogP contribution is -2.22. The molecule has 1 atom stereocenters. The van der Waals surface area contributed by atoms with Gasteiger partial charge < -0.3 is 5.32 Å². The molecule has 0 saturated heterocycles. The minimum absolute atomic E-state index is 0.361. The van der Waals surface area contributed by atoms with Gasteiger partial charge in [-0.3, -0.25) is 4.68 Å². The molecular formula is C15H23N3S. The molecule has 0 aliphatic carbocycles. The summed E-state index contributed by atoms with van der Waals surface area (Å²) in [6.07, 6.45) is 1.10. The van der Waals surface area contributed by atoms with Crippen LogP contribution in [0.15, 0.2) is 17.5 Å². The van der Waals surface area contributed by atoms with Gasteiger partial charge in [-0.15, -0.1) is 11.3 Å². The molecule has 1 unspecified atom stereocenters. The standard InChI is InChI=1S/C15H23N3S/c1-5-18-13(4)15(12(3)17-18)11(2)16-9-8-14-7-6-10-19-14/h6-7,10-11,16H,5,8-9H2,1-4H3. The highest BCUT2D eigenvalue weighted by Crippen LogP contribution is 2.21. The molecule has 2 rings (SSSR count). The van der Waals surface area contributed by atoms with E-state index in [0.717, 1.165) is 25.2 Å². The molecule has 2 aromatic heterocycles. The summed E-state index contributed by atoms with van der Waals surface area (Å²) < 4.78 is 2.09. The van der Waals surface area contributed by atoms with E-state index in [0.29, 0.717) is 6.04 Å². The van der Waals surface area contributed by atoms with Crippen LogP contribution in [0.5, 0.6) is 0 Å². The summed E-state index contributed by atoms with van der Waals surface area (Å²) in [6, 6.07) is 4.67. The highest BCUT2D eigenvalue weighted by Gasteiger charge is 2.16. The average Bonchev–Trinajstić information content (AvgIpc) is 2.97. The number of thiophene rings is 1. The predicted molar refractivity (Wildman–Crippen MR) is 81.8 cm³/mol. The molecule has 19 heavy (non-hydrogen) atoms. The monoisotopic (exact) mass is 277 g/mol. The van der Waals surface area contributed by atoms with Gasteiger partial charge in [0.2, 0.25) is 0 Å². The van der Waals surface area contributed by atoms with Crippen molar-refractivity contribution in [2.75, 3.05) is 6.54 Å². The Balaban J connectivity index is 1.96. The minimum Gasteiger partial charge on any atom is -0.310 e. The van der Waals surface area contributed by atoms with Crippen molar-refractivity contribution in [2.45, 2.75) is 46.7 Å². The number of nitrogens with zero attached hydrogens (tertiary/aromatic N) is 2. The first-order valence-electron chi connectivity index (χ1n) is 6.93. The lowest BCUT2D eigenvalue weighted by molar-refractivity contribution is 0.570. The van der Waals surface area contributed by atoms with Crippen molar-refractivity contribution in [3.63, 3.8) is 0 Å². The van der Waals surface area contributed by atoms with Gasteiger partial charge in [0, 0.05) is 35.3 Å². The highest BCUT2D eigenvalue weighted by molar-refractivity contribution is 7.09. The zero-order valence-electron chi connectivity index (χ0n) is 12.2. The van der Waals surface area contributed by atoms with Gasteiger partial charge >= 0.3 is 0 Å². The van der Waals surface area contributed by atoms with Crippen LogP contribution in [0, 0.1) is 13.8 Å². The molecule has 0 spiro atoms. The molecule has 0 fully saturated rings. The zero-order chi connectivity index (χ0) is 13.8. The van der Waals surface area contributed by atoms with Crippen molar-refractivity contribution >= 4 is 11.3 Å². The van der Waals surface area contributed by atoms with E-state index < -0.39 is 0 Å². The van der Waals surface area contributed by atoms with Crippen LogP contribution in [0.2, 0.25) is 0 Å². The van der Waals surface area contributed by atoms with E-state index in [4.69, 9.17) is 0 Å². The first-order chi connectivity index (χ1) is 9.13. The molecule has 0 amide bonds. The van der Waals surface area contributed by atoms with E-state index in [1.54, 1.807) is 0 Å². The summed E-state index contributed by atoms with van der Waals surface area (Å²) in [6.45, 7) is 10.6. The number of aromatic nitrogens is 2. The van der Waals surface area contributed by atoms with E-state index in [-0.39, 0.29) is 0 Å².